The normalized spacial score (nSPS) is 15.5. The molecule has 0 spiro atoms. The lowest BCUT2D eigenvalue weighted by molar-refractivity contribution is 0.0953. The molecule has 1 aromatic heterocycles. The monoisotopic (exact) mass is 405 g/mol. The topological polar surface area (TPSA) is 53.6 Å². The van der Waals surface area contributed by atoms with Gasteiger partial charge in [-0.05, 0) is 42.3 Å². The second kappa shape index (κ2) is 9.26. The zero-order valence-electron chi connectivity index (χ0n) is 15.3. The third-order valence-electron chi connectivity index (χ3n) is 4.35. The van der Waals surface area contributed by atoms with Crippen molar-refractivity contribution in [3.05, 3.63) is 57.9 Å². The summed E-state index contributed by atoms with van der Waals surface area (Å²) in [4.78, 5) is 14.9. The molecule has 2 N–H and O–H groups in total. The lowest BCUT2D eigenvalue weighted by atomic mass is 10.1. The van der Waals surface area contributed by atoms with Gasteiger partial charge < -0.3 is 20.3 Å². The first-order valence-electron chi connectivity index (χ1n) is 8.93. The number of thiophene rings is 1. The zero-order valence-corrected chi connectivity index (χ0v) is 16.9. The van der Waals surface area contributed by atoms with Crippen LogP contribution in [0.15, 0.2) is 48.7 Å². The molecule has 0 aliphatic carbocycles. The fraction of sp³-hybridized carbons (Fsp3) is 0.350. The number of ether oxygens (including phenoxy) is 1. The fourth-order valence-electron chi connectivity index (χ4n) is 2.81. The van der Waals surface area contributed by atoms with Crippen molar-refractivity contribution in [3.8, 4) is 0 Å². The predicted molar refractivity (Wildman–Crippen MR) is 113 cm³/mol. The lowest BCUT2D eigenvalue weighted by Crippen LogP contribution is -2.33. The van der Waals surface area contributed by atoms with Crippen LogP contribution < -0.4 is 15.5 Å². The first kappa shape index (κ1) is 19.7. The molecule has 0 bridgehead atoms. The Labute approximate surface area is 169 Å². The zero-order chi connectivity index (χ0) is 19.2. The molecule has 0 unspecified atom stereocenters. The number of hydrogen-bond acceptors (Lipinski definition) is 5. The van der Waals surface area contributed by atoms with Crippen LogP contribution in [0.5, 0.6) is 0 Å². The van der Waals surface area contributed by atoms with Crippen molar-refractivity contribution >= 4 is 40.2 Å². The molecule has 1 saturated heterocycles. The molecule has 1 amide bonds. The minimum atomic E-state index is -0.0751. The number of benzene rings is 1. The molecule has 1 fully saturated rings. The van der Waals surface area contributed by atoms with E-state index in [2.05, 4.69) is 53.3 Å². The fourth-order valence-corrected chi connectivity index (χ4v) is 3.77. The molecular weight excluding hydrogens is 382 g/mol. The average molecular weight is 406 g/mol. The van der Waals surface area contributed by atoms with Gasteiger partial charge in [0.15, 0.2) is 0 Å². The van der Waals surface area contributed by atoms with Crippen molar-refractivity contribution in [2.45, 2.75) is 6.92 Å². The van der Waals surface area contributed by atoms with Gasteiger partial charge in [0.05, 0.1) is 22.4 Å². The number of carbonyl (C=O) groups excluding carboxylic acids is 1. The van der Waals surface area contributed by atoms with Crippen LogP contribution in [0.3, 0.4) is 0 Å². The Balaban J connectivity index is 1.44. The van der Waals surface area contributed by atoms with E-state index in [-0.39, 0.29) is 5.91 Å². The summed E-state index contributed by atoms with van der Waals surface area (Å²) in [6, 6.07) is 11.8. The van der Waals surface area contributed by atoms with Gasteiger partial charge in [-0.3, -0.25) is 4.79 Å². The summed E-state index contributed by atoms with van der Waals surface area (Å²) in [5.74, 6) is 0.219. The third kappa shape index (κ3) is 5.48. The number of rotatable bonds is 7. The molecular formula is C20H24ClN3O2S. The predicted octanol–water partition coefficient (Wildman–Crippen LogP) is 4.23. The molecule has 0 saturated carbocycles. The number of nitrogens with zero attached hydrogens (tertiary/aromatic N) is 1. The van der Waals surface area contributed by atoms with Crippen LogP contribution in [-0.2, 0) is 4.74 Å². The molecule has 2 heterocycles. The number of carbonyl (C=O) groups is 1. The molecule has 5 nitrogen and oxygen atoms in total. The van der Waals surface area contributed by atoms with Crippen LogP contribution in [0.1, 0.15) is 16.6 Å². The number of anilines is 2. The largest absolute Gasteiger partial charge is 0.385 e. The number of halogens is 1. The Morgan fingerprint density at radius 1 is 1.30 bits per heavy atom. The third-order valence-corrected chi connectivity index (χ3v) is 5.58. The van der Waals surface area contributed by atoms with Crippen molar-refractivity contribution in [2.24, 2.45) is 5.92 Å². The Morgan fingerprint density at radius 2 is 2.07 bits per heavy atom. The molecule has 1 atom stereocenters. The maximum Gasteiger partial charge on any atom is 0.261 e. The number of hydrogen-bond donors (Lipinski definition) is 2. The summed E-state index contributed by atoms with van der Waals surface area (Å²) in [6.07, 6.45) is 0. The molecule has 3 rings (SSSR count). The highest BCUT2D eigenvalue weighted by Crippen LogP contribution is 2.23. The Morgan fingerprint density at radius 3 is 2.74 bits per heavy atom. The molecule has 2 aromatic rings. The van der Waals surface area contributed by atoms with E-state index < -0.39 is 0 Å². The summed E-state index contributed by atoms with van der Waals surface area (Å²) in [5.41, 5.74) is 3.17. The van der Waals surface area contributed by atoms with Crippen molar-refractivity contribution < 1.29 is 9.53 Å². The van der Waals surface area contributed by atoms with Gasteiger partial charge in [-0.1, -0.05) is 25.1 Å². The summed E-state index contributed by atoms with van der Waals surface area (Å²) < 4.78 is 6.03. The van der Waals surface area contributed by atoms with E-state index in [0.29, 0.717) is 28.3 Å². The Bertz CT molecular complexity index is 791. The van der Waals surface area contributed by atoms with Gasteiger partial charge in [0.1, 0.15) is 0 Å². The second-order valence-electron chi connectivity index (χ2n) is 6.62. The highest BCUT2D eigenvalue weighted by atomic mass is 35.5. The summed E-state index contributed by atoms with van der Waals surface area (Å²) in [7, 11) is 0. The van der Waals surface area contributed by atoms with Crippen LogP contribution in [0.2, 0.25) is 4.34 Å². The minimum absolute atomic E-state index is 0.0751. The van der Waals surface area contributed by atoms with Crippen LogP contribution in [0.4, 0.5) is 11.4 Å². The minimum Gasteiger partial charge on any atom is -0.385 e. The van der Waals surface area contributed by atoms with Crippen molar-refractivity contribution in [1.29, 1.82) is 0 Å². The first-order valence-corrected chi connectivity index (χ1v) is 10.1. The van der Waals surface area contributed by atoms with Crippen LogP contribution >= 0.6 is 22.9 Å². The van der Waals surface area contributed by atoms with Crippen molar-refractivity contribution in [2.75, 3.05) is 43.1 Å². The van der Waals surface area contributed by atoms with Gasteiger partial charge in [-0.15, -0.1) is 11.3 Å². The smallest absolute Gasteiger partial charge is 0.261 e. The van der Waals surface area contributed by atoms with E-state index in [1.807, 2.05) is 0 Å². The summed E-state index contributed by atoms with van der Waals surface area (Å²) in [6.45, 7) is 9.67. The Kier molecular flexibility index (Phi) is 6.77. The highest BCUT2D eigenvalue weighted by molar-refractivity contribution is 7.17. The molecule has 27 heavy (non-hydrogen) atoms. The number of amides is 1. The van der Waals surface area contributed by atoms with E-state index in [9.17, 15) is 4.79 Å². The molecule has 1 aromatic carbocycles. The van der Waals surface area contributed by atoms with Crippen molar-refractivity contribution in [1.82, 2.24) is 5.32 Å². The second-order valence-corrected chi connectivity index (χ2v) is 8.33. The molecule has 144 valence electrons. The standard InChI is InChI=1S/C20H24ClN3O2S/c1-14(12-23-20(25)18-7-8-19(21)27-18)11-22-16-3-5-17(6-4-16)24-9-10-26-13-15(24)2/h3-8,14,22H,2,9-13H2,1H3,(H,23,25)/t14-/m1/s1. The van der Waals surface area contributed by atoms with Gasteiger partial charge in [0, 0.05) is 36.7 Å². The maximum absolute atomic E-state index is 12.1. The van der Waals surface area contributed by atoms with Gasteiger partial charge >= 0.3 is 0 Å². The SMILES string of the molecule is C=C1COCCN1c1ccc(NC[C@@H](C)CNC(=O)c2ccc(Cl)s2)cc1. The average Bonchev–Trinajstić information content (AvgIpc) is 3.12. The van der Waals surface area contributed by atoms with E-state index in [1.165, 1.54) is 11.3 Å². The van der Waals surface area contributed by atoms with Crippen molar-refractivity contribution in [3.63, 3.8) is 0 Å². The number of nitrogens with one attached hydrogen (secondary N) is 2. The van der Waals surface area contributed by atoms with E-state index in [1.54, 1.807) is 12.1 Å². The Hall–Kier alpha value is -2.02. The molecule has 1 aliphatic heterocycles. The summed E-state index contributed by atoms with van der Waals surface area (Å²) in [5, 5.41) is 6.37. The van der Waals surface area contributed by atoms with Crippen LogP contribution in [-0.4, -0.2) is 38.8 Å². The first-order chi connectivity index (χ1) is 13.0. The number of morpholine rings is 1. The lowest BCUT2D eigenvalue weighted by Gasteiger charge is -2.31. The summed E-state index contributed by atoms with van der Waals surface area (Å²) >= 11 is 7.16. The molecule has 1 aliphatic rings. The van der Waals surface area contributed by atoms with Crippen LogP contribution in [0, 0.1) is 5.92 Å². The molecule has 0 radical (unpaired) electrons. The van der Waals surface area contributed by atoms with Gasteiger partial charge in [0.2, 0.25) is 0 Å². The van der Waals surface area contributed by atoms with Gasteiger partial charge in [-0.25, -0.2) is 0 Å². The molecule has 7 heteroatoms. The van der Waals surface area contributed by atoms with Gasteiger partial charge in [0.25, 0.3) is 5.91 Å². The van der Waals surface area contributed by atoms with Crippen LogP contribution in [0.25, 0.3) is 0 Å². The van der Waals surface area contributed by atoms with E-state index in [4.69, 9.17) is 16.3 Å². The van der Waals surface area contributed by atoms with E-state index >= 15 is 0 Å². The van der Waals surface area contributed by atoms with E-state index in [0.717, 1.165) is 36.8 Å². The van der Waals surface area contributed by atoms with Gasteiger partial charge in [-0.2, -0.15) is 0 Å². The quantitative estimate of drug-likeness (QED) is 0.723. The maximum atomic E-state index is 12.1. The highest BCUT2D eigenvalue weighted by Gasteiger charge is 2.15.